The van der Waals surface area contributed by atoms with Gasteiger partial charge in [0.2, 0.25) is 5.91 Å². The first kappa shape index (κ1) is 14.5. The topological polar surface area (TPSA) is 64.3 Å². The number of amides is 1. The van der Waals surface area contributed by atoms with Crippen molar-refractivity contribution in [3.05, 3.63) is 29.3 Å². The zero-order chi connectivity index (χ0) is 13.8. The molecule has 0 aliphatic heterocycles. The van der Waals surface area contributed by atoms with E-state index >= 15 is 0 Å². The van der Waals surface area contributed by atoms with Gasteiger partial charge in [-0.15, -0.1) is 0 Å². The first-order chi connectivity index (χ1) is 8.36. The van der Waals surface area contributed by atoms with Crippen LogP contribution in [0.25, 0.3) is 0 Å². The van der Waals surface area contributed by atoms with Crippen LogP contribution in [0.3, 0.4) is 0 Å². The van der Waals surface area contributed by atoms with Gasteiger partial charge in [-0.25, -0.2) is 0 Å². The van der Waals surface area contributed by atoms with Crippen LogP contribution >= 0.6 is 0 Å². The second kappa shape index (κ2) is 5.87. The maximum atomic E-state index is 10.7. The molecule has 0 unspecified atom stereocenters. The lowest BCUT2D eigenvalue weighted by atomic mass is 9.83. The number of hydrogen-bond acceptors (Lipinski definition) is 3. The highest BCUT2D eigenvalue weighted by Crippen LogP contribution is 2.31. The predicted octanol–water partition coefficient (Wildman–Crippen LogP) is 1.36. The fraction of sp³-hybridized carbons (Fsp3) is 0.500. The Morgan fingerprint density at radius 3 is 2.67 bits per heavy atom. The van der Waals surface area contributed by atoms with Gasteiger partial charge in [-0.3, -0.25) is 4.79 Å². The first-order valence-electron chi connectivity index (χ1n) is 6.01. The Bertz CT molecular complexity index is 428. The average Bonchev–Trinajstić information content (AvgIpc) is 2.28. The Kier molecular flexibility index (Phi) is 4.73. The van der Waals surface area contributed by atoms with Crippen molar-refractivity contribution in [2.45, 2.75) is 26.2 Å². The van der Waals surface area contributed by atoms with E-state index in [1.54, 1.807) is 7.11 Å². The molecule has 4 nitrogen and oxygen atoms in total. The third-order valence-corrected chi connectivity index (χ3v) is 2.95. The summed E-state index contributed by atoms with van der Waals surface area (Å²) in [5.74, 6) is 0.522. The monoisotopic (exact) mass is 250 g/mol. The molecule has 0 fully saturated rings. The smallest absolute Gasteiger partial charge is 0.231 e. The number of hydrogen-bond donors (Lipinski definition) is 2. The Hall–Kier alpha value is -1.55. The molecule has 0 spiro atoms. The van der Waals surface area contributed by atoms with Crippen LogP contribution in [0.2, 0.25) is 0 Å². The Labute approximate surface area is 109 Å². The summed E-state index contributed by atoms with van der Waals surface area (Å²) in [5, 5.41) is 3.06. The molecule has 100 valence electrons. The fourth-order valence-corrected chi connectivity index (χ4v) is 1.94. The van der Waals surface area contributed by atoms with Gasteiger partial charge in [0.25, 0.3) is 0 Å². The highest BCUT2D eigenvalue weighted by Gasteiger charge is 2.24. The molecule has 0 aliphatic rings. The lowest BCUT2D eigenvalue weighted by Crippen LogP contribution is -2.38. The van der Waals surface area contributed by atoms with Crippen LogP contribution in [0.1, 0.15) is 25.0 Å². The Balaban J connectivity index is 2.88. The second-order valence-corrected chi connectivity index (χ2v) is 5.16. The summed E-state index contributed by atoms with van der Waals surface area (Å²) in [6.07, 6.45) is 0. The van der Waals surface area contributed by atoms with E-state index in [0.717, 1.165) is 11.3 Å². The molecule has 1 rings (SSSR count). The van der Waals surface area contributed by atoms with Crippen molar-refractivity contribution in [1.29, 1.82) is 0 Å². The zero-order valence-electron chi connectivity index (χ0n) is 11.5. The molecule has 0 saturated carbocycles. The normalized spacial score (nSPS) is 11.3. The first-order valence-corrected chi connectivity index (χ1v) is 6.01. The van der Waals surface area contributed by atoms with Crippen molar-refractivity contribution >= 4 is 5.91 Å². The third kappa shape index (κ3) is 3.74. The number of methoxy groups -OCH3 is 1. The van der Waals surface area contributed by atoms with E-state index in [9.17, 15) is 4.79 Å². The van der Waals surface area contributed by atoms with E-state index in [1.165, 1.54) is 5.56 Å². The second-order valence-electron chi connectivity index (χ2n) is 5.16. The minimum Gasteiger partial charge on any atom is -0.496 e. The summed E-state index contributed by atoms with van der Waals surface area (Å²) in [6.45, 7) is 7.12. The van der Waals surface area contributed by atoms with Gasteiger partial charge in [0.1, 0.15) is 5.75 Å². The summed E-state index contributed by atoms with van der Waals surface area (Å²) in [7, 11) is 1.67. The van der Waals surface area contributed by atoms with E-state index in [1.807, 2.05) is 12.1 Å². The number of carbonyl (C=O) groups is 1. The third-order valence-electron chi connectivity index (χ3n) is 2.95. The number of nitrogens with two attached hydrogens (primary N) is 1. The van der Waals surface area contributed by atoms with E-state index in [4.69, 9.17) is 10.5 Å². The summed E-state index contributed by atoms with van der Waals surface area (Å²) < 4.78 is 5.39. The van der Waals surface area contributed by atoms with E-state index in [-0.39, 0.29) is 17.9 Å². The standard InChI is InChI=1S/C14H22N2O2/c1-10-5-6-12(18-4)11(7-10)14(2,3)9-16-8-13(15)17/h5-7,16H,8-9H2,1-4H3,(H2,15,17). The number of carbonyl (C=O) groups excluding carboxylic acids is 1. The SMILES string of the molecule is COc1ccc(C)cc1C(C)(C)CNCC(N)=O. The summed E-state index contributed by atoms with van der Waals surface area (Å²) >= 11 is 0. The van der Waals surface area contributed by atoms with Crippen LogP contribution in [0, 0.1) is 6.92 Å². The van der Waals surface area contributed by atoms with Gasteiger partial charge in [-0.2, -0.15) is 0 Å². The van der Waals surface area contributed by atoms with Crippen molar-refractivity contribution in [2.75, 3.05) is 20.2 Å². The molecular weight excluding hydrogens is 228 g/mol. The minimum absolute atomic E-state index is 0.132. The summed E-state index contributed by atoms with van der Waals surface area (Å²) in [5.41, 5.74) is 7.30. The van der Waals surface area contributed by atoms with Crippen LogP contribution in [-0.2, 0) is 10.2 Å². The Morgan fingerprint density at radius 2 is 2.11 bits per heavy atom. The quantitative estimate of drug-likeness (QED) is 0.801. The van der Waals surface area contributed by atoms with Crippen LogP contribution in [0.4, 0.5) is 0 Å². The molecule has 3 N–H and O–H groups in total. The maximum absolute atomic E-state index is 10.7. The van der Waals surface area contributed by atoms with Crippen LogP contribution < -0.4 is 15.8 Å². The van der Waals surface area contributed by atoms with Crippen LogP contribution in [-0.4, -0.2) is 26.1 Å². The van der Waals surface area contributed by atoms with Crippen molar-refractivity contribution in [2.24, 2.45) is 5.73 Å². The number of rotatable bonds is 6. The highest BCUT2D eigenvalue weighted by molar-refractivity contribution is 5.75. The molecule has 0 radical (unpaired) electrons. The summed E-state index contributed by atoms with van der Waals surface area (Å²) in [4.78, 5) is 10.7. The Morgan fingerprint density at radius 1 is 1.44 bits per heavy atom. The van der Waals surface area contributed by atoms with Gasteiger partial charge in [-0.1, -0.05) is 31.5 Å². The van der Waals surface area contributed by atoms with E-state index in [2.05, 4.69) is 32.2 Å². The largest absolute Gasteiger partial charge is 0.496 e. The molecule has 0 bridgehead atoms. The van der Waals surface area contributed by atoms with E-state index in [0.29, 0.717) is 6.54 Å². The lowest BCUT2D eigenvalue weighted by Gasteiger charge is -2.27. The summed E-state index contributed by atoms with van der Waals surface area (Å²) in [6, 6.07) is 6.11. The number of aryl methyl sites for hydroxylation is 1. The average molecular weight is 250 g/mol. The fourth-order valence-electron chi connectivity index (χ4n) is 1.94. The van der Waals surface area contributed by atoms with Crippen molar-refractivity contribution in [3.8, 4) is 5.75 Å². The van der Waals surface area contributed by atoms with Crippen molar-refractivity contribution in [3.63, 3.8) is 0 Å². The van der Waals surface area contributed by atoms with Gasteiger partial charge >= 0.3 is 0 Å². The molecule has 1 amide bonds. The molecule has 0 aromatic heterocycles. The molecule has 1 aromatic rings. The lowest BCUT2D eigenvalue weighted by molar-refractivity contribution is -0.117. The molecule has 18 heavy (non-hydrogen) atoms. The number of ether oxygens (including phenoxy) is 1. The molecular formula is C14H22N2O2. The maximum Gasteiger partial charge on any atom is 0.231 e. The van der Waals surface area contributed by atoms with Gasteiger partial charge in [-0.05, 0) is 13.0 Å². The highest BCUT2D eigenvalue weighted by atomic mass is 16.5. The zero-order valence-corrected chi connectivity index (χ0v) is 11.5. The number of primary amides is 1. The van der Waals surface area contributed by atoms with Gasteiger partial charge in [0, 0.05) is 17.5 Å². The predicted molar refractivity (Wildman–Crippen MR) is 72.8 cm³/mol. The van der Waals surface area contributed by atoms with Crippen LogP contribution in [0.15, 0.2) is 18.2 Å². The van der Waals surface area contributed by atoms with Gasteiger partial charge in [0.15, 0.2) is 0 Å². The molecule has 0 aliphatic carbocycles. The molecule has 0 heterocycles. The molecule has 4 heteroatoms. The van der Waals surface area contributed by atoms with Crippen molar-refractivity contribution < 1.29 is 9.53 Å². The van der Waals surface area contributed by atoms with E-state index < -0.39 is 0 Å². The van der Waals surface area contributed by atoms with Gasteiger partial charge in [0.05, 0.1) is 13.7 Å². The molecule has 0 atom stereocenters. The molecule has 1 aromatic carbocycles. The molecule has 0 saturated heterocycles. The van der Waals surface area contributed by atoms with Crippen LogP contribution in [0.5, 0.6) is 5.75 Å². The minimum atomic E-state index is -0.345. The van der Waals surface area contributed by atoms with Crippen molar-refractivity contribution in [1.82, 2.24) is 5.32 Å². The number of nitrogens with one attached hydrogen (secondary N) is 1. The van der Waals surface area contributed by atoms with Gasteiger partial charge < -0.3 is 15.8 Å². The number of benzene rings is 1.